The first-order valence-corrected chi connectivity index (χ1v) is 10.5. The monoisotopic (exact) mass is 408 g/mol. The largest absolute Gasteiger partial charge is 0.487 e. The van der Waals surface area contributed by atoms with Crippen molar-refractivity contribution in [3.63, 3.8) is 0 Å². The van der Waals surface area contributed by atoms with E-state index in [4.69, 9.17) is 9.47 Å². The Labute approximate surface area is 176 Å². The Morgan fingerprint density at radius 1 is 1.23 bits per heavy atom. The molecular formula is C23H28N4O3. The summed E-state index contributed by atoms with van der Waals surface area (Å²) in [6.45, 7) is 9.16. The predicted octanol–water partition coefficient (Wildman–Crippen LogP) is 3.30. The summed E-state index contributed by atoms with van der Waals surface area (Å²) in [6, 6.07) is 8.06. The molecule has 1 fully saturated rings. The highest BCUT2D eigenvalue weighted by molar-refractivity contribution is 5.75. The third-order valence-electron chi connectivity index (χ3n) is 5.75. The summed E-state index contributed by atoms with van der Waals surface area (Å²) in [6.07, 6.45) is 3.86. The van der Waals surface area contributed by atoms with E-state index in [1.54, 1.807) is 0 Å². The number of rotatable bonds is 4. The van der Waals surface area contributed by atoms with Crippen LogP contribution in [0.5, 0.6) is 5.75 Å². The highest BCUT2D eigenvalue weighted by Crippen LogP contribution is 2.42. The summed E-state index contributed by atoms with van der Waals surface area (Å²) in [5.41, 5.74) is 5.28. The maximum atomic E-state index is 11.1. The Balaban J connectivity index is 1.52. The fourth-order valence-electron chi connectivity index (χ4n) is 4.42. The number of imidazole rings is 1. The Bertz CT molecular complexity index is 1090. The third-order valence-corrected chi connectivity index (χ3v) is 5.75. The number of aromatic nitrogens is 2. The number of anilines is 2. The molecule has 2 aliphatic heterocycles. The third kappa shape index (κ3) is 3.48. The lowest BCUT2D eigenvalue weighted by Gasteiger charge is -2.31. The van der Waals surface area contributed by atoms with E-state index in [0.717, 1.165) is 59.1 Å². The molecule has 0 saturated carbocycles. The molecule has 1 aromatic carbocycles. The number of pyridine rings is 1. The molecule has 3 aromatic rings. The van der Waals surface area contributed by atoms with Gasteiger partial charge in [-0.2, -0.15) is 0 Å². The van der Waals surface area contributed by atoms with Gasteiger partial charge < -0.3 is 29.2 Å². The van der Waals surface area contributed by atoms with Gasteiger partial charge in [-0.25, -0.2) is 4.98 Å². The van der Waals surface area contributed by atoms with E-state index in [2.05, 4.69) is 41.2 Å². The number of aryl methyl sites for hydroxylation is 1. The molecule has 2 N–H and O–H groups in total. The number of nitrogens with one attached hydrogen (secondary N) is 1. The number of hydrogen-bond acceptors (Lipinski definition) is 6. The lowest BCUT2D eigenvalue weighted by atomic mass is 10.0. The number of ether oxygens (including phenoxy) is 2. The molecule has 7 heteroatoms. The predicted molar refractivity (Wildman–Crippen MR) is 116 cm³/mol. The Morgan fingerprint density at radius 2 is 2.03 bits per heavy atom. The molecule has 158 valence electrons. The first-order chi connectivity index (χ1) is 14.4. The average Bonchev–Trinajstić information content (AvgIpc) is 3.24. The Hall–Kier alpha value is -2.77. The normalized spacial score (nSPS) is 18.9. The number of nitrogens with zero attached hydrogens (tertiary/aromatic N) is 3. The van der Waals surface area contributed by atoms with Crippen LogP contribution < -0.4 is 15.0 Å². The van der Waals surface area contributed by atoms with Crippen molar-refractivity contribution < 1.29 is 14.6 Å². The second-order valence-electron chi connectivity index (χ2n) is 8.74. The van der Waals surface area contributed by atoms with Crippen molar-refractivity contribution in [1.82, 2.24) is 9.38 Å². The molecule has 2 aromatic heterocycles. The minimum atomic E-state index is -0.885. The standard InChI is InChI=1S/C23H28N4O3/c1-15-14-27-6-4-5-17(21(27)24-15)22(28)25-18-11-16-13-23(2,3)30-20(16)12-19(18)26-7-9-29-10-8-26/h4-6,11-12,14,22,25,28H,7-10,13H2,1-3H3. The minimum Gasteiger partial charge on any atom is -0.487 e. The van der Waals surface area contributed by atoms with Crippen molar-refractivity contribution in [3.8, 4) is 5.75 Å². The van der Waals surface area contributed by atoms with Gasteiger partial charge in [0.15, 0.2) is 6.23 Å². The Morgan fingerprint density at radius 3 is 2.83 bits per heavy atom. The van der Waals surface area contributed by atoms with Gasteiger partial charge in [0, 0.05) is 49.1 Å². The molecule has 30 heavy (non-hydrogen) atoms. The van der Waals surface area contributed by atoms with Crippen molar-refractivity contribution in [2.75, 3.05) is 36.5 Å². The van der Waals surface area contributed by atoms with Crippen LogP contribution in [0.15, 0.2) is 36.7 Å². The van der Waals surface area contributed by atoms with Crippen LogP contribution in [0.25, 0.3) is 5.65 Å². The number of aliphatic hydroxyl groups is 1. The summed E-state index contributed by atoms with van der Waals surface area (Å²) in [5.74, 6) is 0.924. The SMILES string of the molecule is Cc1cn2cccc(C(O)Nc3cc4c(cc3N3CCOCC3)OC(C)(C)C4)c2n1. The van der Waals surface area contributed by atoms with Crippen molar-refractivity contribution in [2.45, 2.75) is 39.0 Å². The van der Waals surface area contributed by atoms with Crippen molar-refractivity contribution in [1.29, 1.82) is 0 Å². The number of fused-ring (bicyclic) bond motifs is 2. The molecule has 1 unspecified atom stereocenters. The van der Waals surface area contributed by atoms with Crippen molar-refractivity contribution in [3.05, 3.63) is 53.5 Å². The summed E-state index contributed by atoms with van der Waals surface area (Å²) < 4.78 is 13.6. The zero-order valence-corrected chi connectivity index (χ0v) is 17.7. The topological polar surface area (TPSA) is 71.3 Å². The number of hydrogen-bond donors (Lipinski definition) is 2. The molecule has 5 rings (SSSR count). The van der Waals surface area contributed by atoms with Crippen LogP contribution >= 0.6 is 0 Å². The molecule has 4 heterocycles. The van der Waals surface area contributed by atoms with Gasteiger partial charge in [-0.3, -0.25) is 0 Å². The van der Waals surface area contributed by atoms with E-state index in [9.17, 15) is 5.11 Å². The van der Waals surface area contributed by atoms with Crippen LogP contribution in [-0.2, 0) is 11.2 Å². The Kier molecular flexibility index (Phi) is 4.60. The van der Waals surface area contributed by atoms with Gasteiger partial charge in [-0.15, -0.1) is 0 Å². The zero-order chi connectivity index (χ0) is 20.9. The molecular weight excluding hydrogens is 380 g/mol. The average molecular weight is 409 g/mol. The molecule has 0 amide bonds. The van der Waals surface area contributed by atoms with E-state index in [0.29, 0.717) is 13.2 Å². The van der Waals surface area contributed by atoms with Gasteiger partial charge in [0.05, 0.1) is 30.3 Å². The molecule has 0 bridgehead atoms. The van der Waals surface area contributed by atoms with E-state index in [-0.39, 0.29) is 5.60 Å². The zero-order valence-electron chi connectivity index (χ0n) is 17.7. The van der Waals surface area contributed by atoms with Gasteiger partial charge in [-0.1, -0.05) is 0 Å². The molecule has 0 spiro atoms. The van der Waals surface area contributed by atoms with E-state index < -0.39 is 6.23 Å². The quantitative estimate of drug-likeness (QED) is 0.646. The van der Waals surface area contributed by atoms with Gasteiger partial charge in [0.1, 0.15) is 17.0 Å². The van der Waals surface area contributed by atoms with Gasteiger partial charge in [0.25, 0.3) is 0 Å². The second kappa shape index (κ2) is 7.18. The van der Waals surface area contributed by atoms with Gasteiger partial charge in [-0.05, 0) is 39.0 Å². The maximum absolute atomic E-state index is 11.1. The minimum absolute atomic E-state index is 0.221. The van der Waals surface area contributed by atoms with Crippen LogP contribution in [0.4, 0.5) is 11.4 Å². The van der Waals surface area contributed by atoms with Crippen LogP contribution in [0, 0.1) is 6.92 Å². The van der Waals surface area contributed by atoms with Crippen LogP contribution in [0.2, 0.25) is 0 Å². The van der Waals surface area contributed by atoms with Crippen LogP contribution in [0.3, 0.4) is 0 Å². The molecule has 0 aliphatic carbocycles. The fourth-order valence-corrected chi connectivity index (χ4v) is 4.42. The summed E-state index contributed by atoms with van der Waals surface area (Å²) in [5, 5.41) is 14.5. The number of morpholine rings is 1. The molecule has 7 nitrogen and oxygen atoms in total. The van der Waals surface area contributed by atoms with Crippen LogP contribution in [0.1, 0.15) is 36.9 Å². The summed E-state index contributed by atoms with van der Waals surface area (Å²) in [4.78, 5) is 6.87. The first-order valence-electron chi connectivity index (χ1n) is 10.5. The highest BCUT2D eigenvalue weighted by atomic mass is 16.5. The fraction of sp³-hybridized carbons (Fsp3) is 0.435. The summed E-state index contributed by atoms with van der Waals surface area (Å²) in [7, 11) is 0. The van der Waals surface area contributed by atoms with E-state index in [1.807, 2.05) is 35.9 Å². The van der Waals surface area contributed by atoms with Crippen molar-refractivity contribution >= 4 is 17.0 Å². The number of aliphatic hydroxyl groups excluding tert-OH is 1. The second-order valence-corrected chi connectivity index (χ2v) is 8.74. The van der Waals surface area contributed by atoms with Crippen molar-refractivity contribution in [2.24, 2.45) is 0 Å². The molecule has 0 radical (unpaired) electrons. The summed E-state index contributed by atoms with van der Waals surface area (Å²) >= 11 is 0. The first kappa shape index (κ1) is 19.2. The maximum Gasteiger partial charge on any atom is 0.154 e. The van der Waals surface area contributed by atoms with Gasteiger partial charge >= 0.3 is 0 Å². The lowest BCUT2D eigenvalue weighted by molar-refractivity contribution is 0.122. The molecule has 1 atom stereocenters. The highest BCUT2D eigenvalue weighted by Gasteiger charge is 2.32. The smallest absolute Gasteiger partial charge is 0.154 e. The van der Waals surface area contributed by atoms with E-state index >= 15 is 0 Å². The lowest BCUT2D eigenvalue weighted by Crippen LogP contribution is -2.36. The van der Waals surface area contributed by atoms with Crippen LogP contribution in [-0.4, -0.2) is 46.4 Å². The number of benzene rings is 1. The van der Waals surface area contributed by atoms with Gasteiger partial charge in [0.2, 0.25) is 0 Å². The van der Waals surface area contributed by atoms with E-state index in [1.165, 1.54) is 0 Å². The molecule has 1 saturated heterocycles. The molecule has 2 aliphatic rings.